The molecule has 7 nitrogen and oxygen atoms in total. The van der Waals surface area contributed by atoms with Crippen molar-refractivity contribution in [3.05, 3.63) is 53.7 Å². The Morgan fingerprint density at radius 3 is 2.81 bits per heavy atom. The van der Waals surface area contributed by atoms with Crippen molar-refractivity contribution >= 4 is 21.6 Å². The topological polar surface area (TPSA) is 92.3 Å². The molecule has 1 aromatic carbocycles. The number of aryl methyl sites for hydroxylation is 1. The standard InChI is InChI=1S/C18H21FN4O3S/c1-12-20-7-6-17(21-12)22-16-11-27(25,26)10-15(16)18(24)23(2)9-13-4-3-5-14(19)8-13/h3-8,15-16H,9-11H2,1-2H3,(H,20,21,22)/t15-,16-/m1/s1. The zero-order chi connectivity index (χ0) is 19.6. The van der Waals surface area contributed by atoms with E-state index in [4.69, 9.17) is 0 Å². The van der Waals surface area contributed by atoms with Crippen molar-refractivity contribution < 1.29 is 17.6 Å². The van der Waals surface area contributed by atoms with Crippen LogP contribution in [0.1, 0.15) is 11.4 Å². The number of amides is 1. The van der Waals surface area contributed by atoms with Gasteiger partial charge in [0.25, 0.3) is 0 Å². The van der Waals surface area contributed by atoms with E-state index in [0.29, 0.717) is 17.2 Å². The molecule has 2 heterocycles. The van der Waals surface area contributed by atoms with E-state index in [2.05, 4.69) is 15.3 Å². The first kappa shape index (κ1) is 19.2. The van der Waals surface area contributed by atoms with Gasteiger partial charge in [-0.1, -0.05) is 12.1 Å². The average molecular weight is 392 g/mol. The van der Waals surface area contributed by atoms with Crippen molar-refractivity contribution in [3.8, 4) is 0 Å². The molecule has 144 valence electrons. The van der Waals surface area contributed by atoms with Crippen molar-refractivity contribution in [1.82, 2.24) is 14.9 Å². The number of aromatic nitrogens is 2. The van der Waals surface area contributed by atoms with Crippen LogP contribution in [0.2, 0.25) is 0 Å². The zero-order valence-corrected chi connectivity index (χ0v) is 15.9. The fraction of sp³-hybridized carbons (Fsp3) is 0.389. The van der Waals surface area contributed by atoms with Crippen LogP contribution in [0, 0.1) is 18.7 Å². The van der Waals surface area contributed by atoms with Crippen LogP contribution in [0.25, 0.3) is 0 Å². The lowest BCUT2D eigenvalue weighted by molar-refractivity contribution is -0.134. The molecule has 9 heteroatoms. The molecular weight excluding hydrogens is 371 g/mol. The molecule has 3 rings (SSSR count). The summed E-state index contributed by atoms with van der Waals surface area (Å²) in [5.74, 6) is -0.744. The molecule has 0 spiro atoms. The number of rotatable bonds is 5. The van der Waals surface area contributed by atoms with Crippen molar-refractivity contribution in [3.63, 3.8) is 0 Å². The van der Waals surface area contributed by atoms with Gasteiger partial charge in [0, 0.05) is 19.8 Å². The number of nitrogens with one attached hydrogen (secondary N) is 1. The minimum absolute atomic E-state index is 0.139. The largest absolute Gasteiger partial charge is 0.365 e. The predicted molar refractivity (Wildman–Crippen MR) is 99.2 cm³/mol. The number of hydrogen-bond acceptors (Lipinski definition) is 6. The molecule has 0 aliphatic carbocycles. The van der Waals surface area contributed by atoms with E-state index >= 15 is 0 Å². The van der Waals surface area contributed by atoms with Gasteiger partial charge in [-0.25, -0.2) is 22.8 Å². The molecule has 1 aliphatic rings. The highest BCUT2D eigenvalue weighted by atomic mass is 32.2. The molecule has 27 heavy (non-hydrogen) atoms. The third-order valence-corrected chi connectivity index (χ3v) is 6.20. The number of halogens is 1. The van der Waals surface area contributed by atoms with Gasteiger partial charge in [-0.15, -0.1) is 0 Å². The lowest BCUT2D eigenvalue weighted by Gasteiger charge is -2.25. The number of carbonyl (C=O) groups is 1. The summed E-state index contributed by atoms with van der Waals surface area (Å²) in [5.41, 5.74) is 0.641. The van der Waals surface area contributed by atoms with Crippen LogP contribution in [0.15, 0.2) is 36.5 Å². The molecule has 0 saturated carbocycles. The fourth-order valence-corrected chi connectivity index (χ4v) is 5.15. The summed E-state index contributed by atoms with van der Waals surface area (Å²) in [4.78, 5) is 22.5. The number of nitrogens with zero attached hydrogens (tertiary/aromatic N) is 3. The first-order valence-electron chi connectivity index (χ1n) is 8.49. The lowest BCUT2D eigenvalue weighted by Crippen LogP contribution is -2.41. The zero-order valence-electron chi connectivity index (χ0n) is 15.1. The Bertz CT molecular complexity index is 951. The second-order valence-corrected chi connectivity index (χ2v) is 8.90. The Morgan fingerprint density at radius 1 is 1.33 bits per heavy atom. The van der Waals surface area contributed by atoms with Gasteiger partial charge in [-0.3, -0.25) is 4.79 Å². The SMILES string of the molecule is Cc1nccc(N[C@@H]2CS(=O)(=O)C[C@H]2C(=O)N(C)Cc2cccc(F)c2)n1. The van der Waals surface area contributed by atoms with Gasteiger partial charge < -0.3 is 10.2 Å². The number of sulfone groups is 1. The normalized spacial score (nSPS) is 21.0. The van der Waals surface area contributed by atoms with Gasteiger partial charge in [0.15, 0.2) is 9.84 Å². The Kier molecular flexibility index (Phi) is 5.41. The minimum Gasteiger partial charge on any atom is -0.365 e. The maximum Gasteiger partial charge on any atom is 0.228 e. The maximum absolute atomic E-state index is 13.4. The maximum atomic E-state index is 13.4. The molecule has 1 amide bonds. The monoisotopic (exact) mass is 392 g/mol. The van der Waals surface area contributed by atoms with Gasteiger partial charge in [0.05, 0.1) is 23.5 Å². The van der Waals surface area contributed by atoms with E-state index in [1.54, 1.807) is 38.4 Å². The highest BCUT2D eigenvalue weighted by Crippen LogP contribution is 2.25. The summed E-state index contributed by atoms with van der Waals surface area (Å²) in [6, 6.07) is 7.04. The van der Waals surface area contributed by atoms with E-state index in [1.807, 2.05) is 0 Å². The highest BCUT2D eigenvalue weighted by Gasteiger charge is 2.43. The molecule has 1 N–H and O–H groups in total. The summed E-state index contributed by atoms with van der Waals surface area (Å²) < 4.78 is 37.6. The van der Waals surface area contributed by atoms with E-state index < -0.39 is 21.8 Å². The summed E-state index contributed by atoms with van der Waals surface area (Å²) in [7, 11) is -1.76. The number of carbonyl (C=O) groups excluding carboxylic acids is 1. The molecule has 0 unspecified atom stereocenters. The van der Waals surface area contributed by atoms with Crippen LogP contribution in [-0.2, 0) is 21.2 Å². The average Bonchev–Trinajstić information content (AvgIpc) is 2.88. The van der Waals surface area contributed by atoms with Gasteiger partial charge >= 0.3 is 0 Å². The van der Waals surface area contributed by atoms with Gasteiger partial charge in [-0.05, 0) is 30.7 Å². The van der Waals surface area contributed by atoms with Crippen LogP contribution < -0.4 is 5.32 Å². The van der Waals surface area contributed by atoms with Crippen molar-refractivity contribution in [2.24, 2.45) is 5.92 Å². The summed E-state index contributed by atoms with van der Waals surface area (Å²) >= 11 is 0. The summed E-state index contributed by atoms with van der Waals surface area (Å²) in [5, 5.41) is 3.06. The molecule has 0 bridgehead atoms. The highest BCUT2D eigenvalue weighted by molar-refractivity contribution is 7.91. The van der Waals surface area contributed by atoms with Crippen LogP contribution in [0.5, 0.6) is 0 Å². The van der Waals surface area contributed by atoms with Crippen molar-refractivity contribution in [2.75, 3.05) is 23.9 Å². The summed E-state index contributed by atoms with van der Waals surface area (Å²) in [6.45, 7) is 1.93. The van der Waals surface area contributed by atoms with Crippen molar-refractivity contribution in [2.45, 2.75) is 19.5 Å². The van der Waals surface area contributed by atoms with Gasteiger partial charge in [-0.2, -0.15) is 0 Å². The molecule has 1 aromatic heterocycles. The van der Waals surface area contributed by atoms with E-state index in [1.165, 1.54) is 17.0 Å². The van der Waals surface area contributed by atoms with Crippen LogP contribution in [-0.4, -0.2) is 53.8 Å². The third kappa shape index (κ3) is 4.79. The quantitative estimate of drug-likeness (QED) is 0.827. The second kappa shape index (κ2) is 7.59. The number of benzene rings is 1. The number of hydrogen-bond donors (Lipinski definition) is 1. The predicted octanol–water partition coefficient (Wildman–Crippen LogP) is 1.41. The first-order chi connectivity index (χ1) is 12.7. The molecule has 1 aliphatic heterocycles. The Balaban J connectivity index is 1.76. The molecule has 1 saturated heterocycles. The van der Waals surface area contributed by atoms with Crippen LogP contribution in [0.4, 0.5) is 10.2 Å². The van der Waals surface area contributed by atoms with E-state index in [9.17, 15) is 17.6 Å². The molecule has 2 aromatic rings. The smallest absolute Gasteiger partial charge is 0.228 e. The molecular formula is C18H21FN4O3S. The van der Waals surface area contributed by atoms with Crippen LogP contribution >= 0.6 is 0 Å². The van der Waals surface area contributed by atoms with E-state index in [0.717, 1.165) is 0 Å². The molecule has 1 fully saturated rings. The van der Waals surface area contributed by atoms with Gasteiger partial charge in [0.1, 0.15) is 17.5 Å². The van der Waals surface area contributed by atoms with Gasteiger partial charge in [0.2, 0.25) is 5.91 Å². The Labute approximate surface area is 157 Å². The summed E-state index contributed by atoms with van der Waals surface area (Å²) in [6.07, 6.45) is 1.57. The number of anilines is 1. The van der Waals surface area contributed by atoms with E-state index in [-0.39, 0.29) is 29.8 Å². The van der Waals surface area contributed by atoms with Crippen LogP contribution in [0.3, 0.4) is 0 Å². The lowest BCUT2D eigenvalue weighted by atomic mass is 10.0. The first-order valence-corrected chi connectivity index (χ1v) is 10.3. The second-order valence-electron chi connectivity index (χ2n) is 6.75. The minimum atomic E-state index is -3.35. The molecule has 0 radical (unpaired) electrons. The Morgan fingerprint density at radius 2 is 2.11 bits per heavy atom. The fourth-order valence-electron chi connectivity index (χ4n) is 3.23. The Hall–Kier alpha value is -2.55. The molecule has 2 atom stereocenters. The van der Waals surface area contributed by atoms with Crippen molar-refractivity contribution in [1.29, 1.82) is 0 Å². The third-order valence-electron chi connectivity index (χ3n) is 4.46.